The van der Waals surface area contributed by atoms with Gasteiger partial charge in [0.2, 0.25) is 0 Å². The molecule has 3 rings (SSSR count). The van der Waals surface area contributed by atoms with Crippen LogP contribution in [0.4, 0.5) is 5.69 Å². The number of ether oxygens (including phenoxy) is 1. The van der Waals surface area contributed by atoms with Crippen molar-refractivity contribution >= 4 is 39.9 Å². The topological polar surface area (TPSA) is 68.3 Å². The minimum absolute atomic E-state index is 0.170. The molecular weight excluding hydrogens is 340 g/mol. The summed E-state index contributed by atoms with van der Waals surface area (Å²) in [6.45, 7) is 1.50. The van der Waals surface area contributed by atoms with Crippen molar-refractivity contribution in [3.63, 3.8) is 0 Å². The van der Waals surface area contributed by atoms with Crippen LogP contribution in [0.15, 0.2) is 60.8 Å². The Kier molecular flexibility index (Phi) is 4.95. The monoisotopic (exact) mass is 354 g/mol. The second kappa shape index (κ2) is 7.32. The van der Waals surface area contributed by atoms with Gasteiger partial charge >= 0.3 is 5.97 Å². The van der Waals surface area contributed by atoms with Gasteiger partial charge in [-0.25, -0.2) is 9.78 Å². The third kappa shape index (κ3) is 3.78. The van der Waals surface area contributed by atoms with Crippen LogP contribution in [0.2, 0.25) is 5.15 Å². The van der Waals surface area contributed by atoms with E-state index in [0.29, 0.717) is 11.3 Å². The Morgan fingerprint density at radius 2 is 1.84 bits per heavy atom. The van der Waals surface area contributed by atoms with Crippen LogP contribution in [0.1, 0.15) is 17.3 Å². The maximum Gasteiger partial charge on any atom is 0.339 e. The van der Waals surface area contributed by atoms with Gasteiger partial charge in [-0.3, -0.25) is 4.79 Å². The van der Waals surface area contributed by atoms with Crippen molar-refractivity contribution in [2.24, 2.45) is 0 Å². The molecule has 0 radical (unpaired) electrons. The van der Waals surface area contributed by atoms with Crippen LogP contribution in [0.5, 0.6) is 0 Å². The van der Waals surface area contributed by atoms with Crippen LogP contribution in [-0.4, -0.2) is 23.0 Å². The minimum atomic E-state index is -0.984. The van der Waals surface area contributed by atoms with Crippen molar-refractivity contribution in [1.82, 2.24) is 4.98 Å². The molecule has 0 saturated carbocycles. The minimum Gasteiger partial charge on any atom is -0.449 e. The van der Waals surface area contributed by atoms with Crippen LogP contribution in [0.25, 0.3) is 10.8 Å². The lowest BCUT2D eigenvalue weighted by Gasteiger charge is -2.14. The van der Waals surface area contributed by atoms with Crippen molar-refractivity contribution in [3.05, 3.63) is 71.5 Å². The van der Waals surface area contributed by atoms with Gasteiger partial charge in [0.05, 0.1) is 11.3 Å². The molecule has 0 bridgehead atoms. The Morgan fingerprint density at radius 1 is 1.08 bits per heavy atom. The summed E-state index contributed by atoms with van der Waals surface area (Å²) in [6.07, 6.45) is 0.532. The number of hydrogen-bond donors (Lipinski definition) is 1. The van der Waals surface area contributed by atoms with Gasteiger partial charge in [0.25, 0.3) is 5.91 Å². The van der Waals surface area contributed by atoms with E-state index in [1.807, 2.05) is 30.3 Å². The van der Waals surface area contributed by atoms with Crippen molar-refractivity contribution in [2.75, 3.05) is 5.32 Å². The van der Waals surface area contributed by atoms with E-state index in [0.717, 1.165) is 10.8 Å². The summed E-state index contributed by atoms with van der Waals surface area (Å²) < 4.78 is 5.30. The normalized spacial score (nSPS) is 11.8. The van der Waals surface area contributed by atoms with Crippen LogP contribution >= 0.6 is 11.6 Å². The SMILES string of the molecule is CC(OC(=O)c1cccc2ccccc12)C(=O)Nc1cccnc1Cl. The summed E-state index contributed by atoms with van der Waals surface area (Å²) in [7, 11) is 0. The molecule has 0 fully saturated rings. The smallest absolute Gasteiger partial charge is 0.339 e. The number of fused-ring (bicyclic) bond motifs is 1. The number of carbonyl (C=O) groups excluding carboxylic acids is 2. The average Bonchev–Trinajstić information content (AvgIpc) is 2.63. The summed E-state index contributed by atoms with van der Waals surface area (Å²) in [5, 5.41) is 4.47. The van der Waals surface area contributed by atoms with Crippen LogP contribution in [-0.2, 0) is 9.53 Å². The number of nitrogens with one attached hydrogen (secondary N) is 1. The number of esters is 1. The molecule has 1 N–H and O–H groups in total. The molecule has 1 unspecified atom stereocenters. The molecule has 3 aromatic rings. The molecule has 6 heteroatoms. The Hall–Kier alpha value is -2.92. The number of pyridine rings is 1. The van der Waals surface area contributed by atoms with Gasteiger partial charge < -0.3 is 10.1 Å². The fourth-order valence-corrected chi connectivity index (χ4v) is 2.56. The molecule has 1 atom stereocenters. The molecule has 1 amide bonds. The fourth-order valence-electron chi connectivity index (χ4n) is 2.39. The Balaban J connectivity index is 1.74. The van der Waals surface area contributed by atoms with Gasteiger partial charge in [0, 0.05) is 6.20 Å². The van der Waals surface area contributed by atoms with Gasteiger partial charge in [0.1, 0.15) is 0 Å². The number of carbonyl (C=O) groups is 2. The number of rotatable bonds is 4. The molecule has 0 saturated heterocycles. The highest BCUT2D eigenvalue weighted by molar-refractivity contribution is 6.32. The van der Waals surface area contributed by atoms with E-state index in [2.05, 4.69) is 10.3 Å². The number of halogens is 1. The van der Waals surface area contributed by atoms with E-state index in [1.165, 1.54) is 13.1 Å². The van der Waals surface area contributed by atoms with Gasteiger partial charge in [-0.2, -0.15) is 0 Å². The number of amides is 1. The first-order valence-electron chi connectivity index (χ1n) is 7.66. The highest BCUT2D eigenvalue weighted by Gasteiger charge is 2.21. The van der Waals surface area contributed by atoms with E-state index < -0.39 is 18.0 Å². The van der Waals surface area contributed by atoms with Gasteiger partial charge in [0.15, 0.2) is 11.3 Å². The summed E-state index contributed by atoms with van der Waals surface area (Å²) >= 11 is 5.91. The number of nitrogens with zero attached hydrogens (tertiary/aromatic N) is 1. The molecule has 0 aliphatic heterocycles. The molecular formula is C19H15ClN2O3. The summed E-state index contributed by atoms with van der Waals surface area (Å²) in [4.78, 5) is 28.5. The predicted molar refractivity (Wildman–Crippen MR) is 96.7 cm³/mol. The Labute approximate surface area is 149 Å². The first-order chi connectivity index (χ1) is 12.1. The van der Waals surface area contributed by atoms with Gasteiger partial charge in [-0.05, 0) is 35.9 Å². The second-order valence-electron chi connectivity index (χ2n) is 5.41. The van der Waals surface area contributed by atoms with E-state index >= 15 is 0 Å². The number of benzene rings is 2. The molecule has 0 spiro atoms. The zero-order valence-electron chi connectivity index (χ0n) is 13.4. The highest BCUT2D eigenvalue weighted by atomic mass is 35.5. The third-order valence-electron chi connectivity index (χ3n) is 3.68. The number of aromatic nitrogens is 1. The van der Waals surface area contributed by atoms with Crippen LogP contribution in [0, 0.1) is 0 Å². The van der Waals surface area contributed by atoms with E-state index in [9.17, 15) is 9.59 Å². The zero-order chi connectivity index (χ0) is 17.8. The molecule has 1 heterocycles. The third-order valence-corrected chi connectivity index (χ3v) is 3.98. The molecule has 2 aromatic carbocycles. The first-order valence-corrected chi connectivity index (χ1v) is 8.04. The quantitative estimate of drug-likeness (QED) is 0.566. The average molecular weight is 355 g/mol. The lowest BCUT2D eigenvalue weighted by Crippen LogP contribution is -2.30. The molecule has 5 nitrogen and oxygen atoms in total. The first kappa shape index (κ1) is 16.9. The lowest BCUT2D eigenvalue weighted by atomic mass is 10.0. The largest absolute Gasteiger partial charge is 0.449 e. The Morgan fingerprint density at radius 3 is 2.64 bits per heavy atom. The molecule has 1 aromatic heterocycles. The maximum absolute atomic E-state index is 12.5. The van der Waals surface area contributed by atoms with Gasteiger partial charge in [-0.1, -0.05) is 48.0 Å². The van der Waals surface area contributed by atoms with Crippen molar-refractivity contribution in [1.29, 1.82) is 0 Å². The van der Waals surface area contributed by atoms with E-state index in [-0.39, 0.29) is 5.15 Å². The van der Waals surface area contributed by atoms with E-state index in [1.54, 1.807) is 24.3 Å². The van der Waals surface area contributed by atoms with Crippen molar-refractivity contribution in [3.8, 4) is 0 Å². The van der Waals surface area contributed by atoms with Crippen molar-refractivity contribution < 1.29 is 14.3 Å². The van der Waals surface area contributed by atoms with Crippen LogP contribution in [0.3, 0.4) is 0 Å². The maximum atomic E-state index is 12.5. The zero-order valence-corrected chi connectivity index (χ0v) is 14.2. The van der Waals surface area contributed by atoms with Crippen molar-refractivity contribution in [2.45, 2.75) is 13.0 Å². The molecule has 0 aliphatic carbocycles. The molecule has 126 valence electrons. The van der Waals surface area contributed by atoms with E-state index in [4.69, 9.17) is 16.3 Å². The lowest BCUT2D eigenvalue weighted by molar-refractivity contribution is -0.123. The second-order valence-corrected chi connectivity index (χ2v) is 5.76. The number of anilines is 1. The summed E-state index contributed by atoms with van der Waals surface area (Å²) in [5.41, 5.74) is 0.777. The Bertz CT molecular complexity index is 937. The predicted octanol–water partition coefficient (Wildman–Crippen LogP) is 4.07. The summed E-state index contributed by atoms with van der Waals surface area (Å²) in [6, 6.07) is 16.1. The fraction of sp³-hybridized carbons (Fsp3) is 0.105. The van der Waals surface area contributed by atoms with Gasteiger partial charge in [-0.15, -0.1) is 0 Å². The summed E-state index contributed by atoms with van der Waals surface area (Å²) in [5.74, 6) is -1.04. The van der Waals surface area contributed by atoms with Crippen LogP contribution < -0.4 is 5.32 Å². The molecule has 25 heavy (non-hydrogen) atoms. The molecule has 0 aliphatic rings. The number of hydrogen-bond acceptors (Lipinski definition) is 4. The highest BCUT2D eigenvalue weighted by Crippen LogP contribution is 2.21. The standard InChI is InChI=1S/C19H15ClN2O3/c1-12(18(23)22-16-10-5-11-21-17(16)20)25-19(24)15-9-4-7-13-6-2-3-8-14(13)15/h2-12H,1H3,(H,22,23).